The lowest BCUT2D eigenvalue weighted by Gasteiger charge is -2.18. The van der Waals surface area contributed by atoms with E-state index in [0.717, 1.165) is 23.4 Å². The lowest BCUT2D eigenvalue weighted by atomic mass is 9.94. The van der Waals surface area contributed by atoms with E-state index in [2.05, 4.69) is 11.6 Å². The third-order valence-electron chi connectivity index (χ3n) is 3.44. The van der Waals surface area contributed by atoms with Crippen LogP contribution >= 0.6 is 0 Å². The topological polar surface area (TPSA) is 78.8 Å². The molecule has 3 atom stereocenters. The summed E-state index contributed by atoms with van der Waals surface area (Å²) in [5, 5.41) is 19.3. The first-order chi connectivity index (χ1) is 7.97. The molecule has 0 spiro atoms. The second kappa shape index (κ2) is 5.98. The average molecular weight is 238 g/mol. The smallest absolute Gasteiger partial charge is 0.0830 e. The van der Waals surface area contributed by atoms with Gasteiger partial charge >= 0.3 is 0 Å². The molecule has 0 aromatic heterocycles. The van der Waals surface area contributed by atoms with Gasteiger partial charge in [-0.25, -0.2) is 0 Å². The Morgan fingerprint density at radius 3 is 2.47 bits per heavy atom. The van der Waals surface area contributed by atoms with Crippen LogP contribution in [0.4, 0.5) is 0 Å². The Morgan fingerprint density at radius 1 is 1.41 bits per heavy atom. The first kappa shape index (κ1) is 13.9. The molecule has 0 heterocycles. The Balaban J connectivity index is 2.79. The van der Waals surface area contributed by atoms with Crippen LogP contribution in [0.15, 0.2) is 29.0 Å². The van der Waals surface area contributed by atoms with Gasteiger partial charge in [0.25, 0.3) is 0 Å². The number of allylic oxidation sites excluding steroid dienone is 2. The van der Waals surface area contributed by atoms with Gasteiger partial charge in [-0.3, -0.25) is 4.99 Å². The molecule has 0 unspecified atom stereocenters. The van der Waals surface area contributed by atoms with Crippen molar-refractivity contribution < 1.29 is 10.2 Å². The monoisotopic (exact) mass is 238 g/mol. The van der Waals surface area contributed by atoms with Gasteiger partial charge in [0.15, 0.2) is 0 Å². The van der Waals surface area contributed by atoms with Gasteiger partial charge in [-0.15, -0.1) is 0 Å². The summed E-state index contributed by atoms with van der Waals surface area (Å²) in [5.74, 6) is 0.0537. The summed E-state index contributed by atoms with van der Waals surface area (Å²) < 4.78 is 0. The Kier molecular flexibility index (Phi) is 4.90. The summed E-state index contributed by atoms with van der Waals surface area (Å²) in [6.45, 7) is 7.33. The first-order valence-corrected chi connectivity index (χ1v) is 5.94. The van der Waals surface area contributed by atoms with E-state index in [9.17, 15) is 10.2 Å². The summed E-state index contributed by atoms with van der Waals surface area (Å²) in [7, 11) is 0. The van der Waals surface area contributed by atoms with E-state index in [-0.39, 0.29) is 5.92 Å². The Morgan fingerprint density at radius 2 is 2.06 bits per heavy atom. The van der Waals surface area contributed by atoms with E-state index in [1.165, 1.54) is 6.20 Å². The van der Waals surface area contributed by atoms with Gasteiger partial charge < -0.3 is 15.9 Å². The highest BCUT2D eigenvalue weighted by Gasteiger charge is 2.34. The lowest BCUT2D eigenvalue weighted by molar-refractivity contribution is 0.0221. The molecule has 17 heavy (non-hydrogen) atoms. The molecule has 0 aromatic rings. The molecular formula is C13H22N2O2. The van der Waals surface area contributed by atoms with Crippen LogP contribution in [-0.2, 0) is 0 Å². The fourth-order valence-corrected chi connectivity index (χ4v) is 2.15. The predicted molar refractivity (Wildman–Crippen MR) is 69.5 cm³/mol. The van der Waals surface area contributed by atoms with Gasteiger partial charge in [-0.2, -0.15) is 0 Å². The molecule has 0 aliphatic heterocycles. The van der Waals surface area contributed by atoms with Crippen molar-refractivity contribution in [2.24, 2.45) is 16.6 Å². The number of aliphatic hydroxyl groups is 2. The van der Waals surface area contributed by atoms with Crippen LogP contribution < -0.4 is 5.73 Å². The van der Waals surface area contributed by atoms with Crippen molar-refractivity contribution in [2.75, 3.05) is 0 Å². The quantitative estimate of drug-likeness (QED) is 0.647. The molecule has 0 radical (unpaired) electrons. The molecule has 4 heteroatoms. The third-order valence-corrected chi connectivity index (χ3v) is 3.44. The molecule has 96 valence electrons. The maximum atomic E-state index is 9.82. The fraction of sp³-hybridized carbons (Fsp3) is 0.615. The largest absolute Gasteiger partial charge is 0.402 e. The van der Waals surface area contributed by atoms with E-state index >= 15 is 0 Å². The number of rotatable bonds is 4. The second-order valence-corrected chi connectivity index (χ2v) is 4.67. The van der Waals surface area contributed by atoms with Crippen molar-refractivity contribution in [1.29, 1.82) is 0 Å². The van der Waals surface area contributed by atoms with E-state index in [0.29, 0.717) is 12.8 Å². The van der Waals surface area contributed by atoms with E-state index in [1.54, 1.807) is 0 Å². The molecule has 1 saturated carbocycles. The summed E-state index contributed by atoms with van der Waals surface area (Å²) in [5.41, 5.74) is 8.25. The van der Waals surface area contributed by atoms with Gasteiger partial charge in [0.2, 0.25) is 0 Å². The van der Waals surface area contributed by atoms with Crippen LogP contribution in [-0.4, -0.2) is 28.1 Å². The predicted octanol–water partition coefficient (Wildman–Crippen LogP) is 1.35. The van der Waals surface area contributed by atoms with Crippen molar-refractivity contribution in [3.05, 3.63) is 24.0 Å². The maximum Gasteiger partial charge on any atom is 0.0830 e. The molecule has 4 N–H and O–H groups in total. The number of nitrogens with two attached hydrogens (primary N) is 1. The standard InChI is InChI=1S/C13H22N2O2/c1-4-15-11(8(2)9(3)14)7-10-5-6-12(16)13(10)17/h4,10,12-13,16-17H,1,5-7,14H2,2-3H3/b9-8+,15-11?/t10-,12+,13-/m0/s1. The highest BCUT2D eigenvalue weighted by Crippen LogP contribution is 2.30. The van der Waals surface area contributed by atoms with E-state index < -0.39 is 12.2 Å². The van der Waals surface area contributed by atoms with Crippen molar-refractivity contribution in [3.8, 4) is 0 Å². The van der Waals surface area contributed by atoms with Crippen molar-refractivity contribution in [2.45, 2.75) is 45.3 Å². The lowest BCUT2D eigenvalue weighted by Crippen LogP contribution is -2.27. The zero-order valence-electron chi connectivity index (χ0n) is 10.6. The zero-order valence-corrected chi connectivity index (χ0v) is 10.6. The minimum absolute atomic E-state index is 0.0537. The van der Waals surface area contributed by atoms with E-state index in [4.69, 9.17) is 5.73 Å². The SMILES string of the molecule is C=CN=C(C[C@@H]1CC[C@@H](O)[C@H]1O)/C(C)=C(\C)N. The van der Waals surface area contributed by atoms with E-state index in [1.807, 2.05) is 13.8 Å². The average Bonchev–Trinajstić information content (AvgIpc) is 2.59. The summed E-state index contributed by atoms with van der Waals surface area (Å²) in [4.78, 5) is 4.22. The van der Waals surface area contributed by atoms with Gasteiger partial charge in [0.05, 0.1) is 12.2 Å². The summed E-state index contributed by atoms with van der Waals surface area (Å²) in [6, 6.07) is 0. The van der Waals surface area contributed by atoms with Gasteiger partial charge in [-0.1, -0.05) is 6.58 Å². The summed E-state index contributed by atoms with van der Waals surface area (Å²) >= 11 is 0. The van der Waals surface area contributed by atoms with Crippen molar-refractivity contribution in [1.82, 2.24) is 0 Å². The molecule has 0 bridgehead atoms. The zero-order chi connectivity index (χ0) is 13.0. The first-order valence-electron chi connectivity index (χ1n) is 5.94. The minimum atomic E-state index is -0.657. The molecule has 1 rings (SSSR count). The highest BCUT2D eigenvalue weighted by molar-refractivity contribution is 6.00. The third kappa shape index (κ3) is 3.41. The number of aliphatic hydroxyl groups excluding tert-OH is 2. The molecule has 0 saturated heterocycles. The Hall–Kier alpha value is -1.13. The molecule has 1 aliphatic carbocycles. The number of aliphatic imine (C=N–C) groups is 1. The molecular weight excluding hydrogens is 216 g/mol. The van der Waals surface area contributed by atoms with Crippen LogP contribution in [0.25, 0.3) is 0 Å². The highest BCUT2D eigenvalue weighted by atomic mass is 16.3. The second-order valence-electron chi connectivity index (χ2n) is 4.67. The fourth-order valence-electron chi connectivity index (χ4n) is 2.15. The molecule has 1 fully saturated rings. The van der Waals surface area contributed by atoms with Gasteiger partial charge in [-0.05, 0) is 44.6 Å². The minimum Gasteiger partial charge on any atom is -0.402 e. The normalized spacial score (nSPS) is 31.3. The number of hydrogen-bond donors (Lipinski definition) is 3. The molecule has 1 aliphatic rings. The van der Waals surface area contributed by atoms with Crippen LogP contribution in [0.1, 0.15) is 33.1 Å². The van der Waals surface area contributed by atoms with Crippen molar-refractivity contribution in [3.63, 3.8) is 0 Å². The molecule has 0 amide bonds. The maximum absolute atomic E-state index is 9.82. The van der Waals surface area contributed by atoms with Gasteiger partial charge in [0.1, 0.15) is 0 Å². The van der Waals surface area contributed by atoms with Crippen molar-refractivity contribution >= 4 is 5.71 Å². The number of hydrogen-bond acceptors (Lipinski definition) is 4. The Labute approximate surface area is 103 Å². The summed E-state index contributed by atoms with van der Waals surface area (Å²) in [6.07, 6.45) is 2.32. The van der Waals surface area contributed by atoms with Crippen LogP contribution in [0.5, 0.6) is 0 Å². The van der Waals surface area contributed by atoms with Crippen LogP contribution in [0.2, 0.25) is 0 Å². The van der Waals surface area contributed by atoms with Crippen LogP contribution in [0.3, 0.4) is 0 Å². The Bertz CT molecular complexity index is 343. The molecule has 0 aromatic carbocycles. The number of nitrogens with zero attached hydrogens (tertiary/aromatic N) is 1. The molecule has 4 nitrogen and oxygen atoms in total. The van der Waals surface area contributed by atoms with Crippen LogP contribution in [0, 0.1) is 5.92 Å². The van der Waals surface area contributed by atoms with Gasteiger partial charge in [0, 0.05) is 17.6 Å².